The molecule has 0 aliphatic carbocycles. The summed E-state index contributed by atoms with van der Waals surface area (Å²) in [7, 11) is 2.14. The van der Waals surface area contributed by atoms with Crippen molar-refractivity contribution in [1.29, 1.82) is 5.26 Å². The molecule has 0 N–H and O–H groups in total. The molecule has 1 heterocycles. The number of hydrogen-bond acceptors (Lipinski definition) is 3. The maximum absolute atomic E-state index is 9.12. The molecule has 112 valence electrons. The van der Waals surface area contributed by atoms with E-state index in [0.717, 1.165) is 25.3 Å². The van der Waals surface area contributed by atoms with Crippen LogP contribution >= 0.6 is 0 Å². The third-order valence-electron chi connectivity index (χ3n) is 4.23. The Morgan fingerprint density at radius 1 is 1.14 bits per heavy atom. The van der Waals surface area contributed by atoms with Crippen molar-refractivity contribution >= 4 is 0 Å². The first-order valence-electron chi connectivity index (χ1n) is 7.66. The first-order chi connectivity index (χ1) is 10.8. The first kappa shape index (κ1) is 14.6. The Morgan fingerprint density at radius 2 is 1.95 bits per heavy atom. The van der Waals surface area contributed by atoms with Crippen LogP contribution in [-0.2, 0) is 0 Å². The highest BCUT2D eigenvalue weighted by Crippen LogP contribution is 2.30. The molecule has 2 aromatic rings. The van der Waals surface area contributed by atoms with Gasteiger partial charge in [0.15, 0.2) is 0 Å². The van der Waals surface area contributed by atoms with E-state index in [4.69, 9.17) is 10.00 Å². The molecular weight excluding hydrogens is 272 g/mol. The number of likely N-dealkylation sites (N-methyl/N-ethyl adjacent to an activating group) is 1. The van der Waals surface area contributed by atoms with E-state index in [1.165, 1.54) is 5.56 Å². The predicted octanol–water partition coefficient (Wildman–Crippen LogP) is 3.42. The van der Waals surface area contributed by atoms with E-state index in [1.807, 2.05) is 48.5 Å². The molecule has 0 saturated carbocycles. The van der Waals surface area contributed by atoms with Crippen molar-refractivity contribution in [2.45, 2.75) is 18.4 Å². The van der Waals surface area contributed by atoms with E-state index in [2.05, 4.69) is 24.1 Å². The van der Waals surface area contributed by atoms with Crippen LogP contribution < -0.4 is 4.74 Å². The SMILES string of the molecule is CN1CCC(Oc2ccccc2)C(c2cccc(C#N)c2)C1. The van der Waals surface area contributed by atoms with Crippen LogP contribution in [0, 0.1) is 11.3 Å². The lowest BCUT2D eigenvalue weighted by atomic mass is 9.87. The van der Waals surface area contributed by atoms with Gasteiger partial charge in [-0.2, -0.15) is 5.26 Å². The average molecular weight is 292 g/mol. The summed E-state index contributed by atoms with van der Waals surface area (Å²) in [5.41, 5.74) is 1.90. The fourth-order valence-electron chi connectivity index (χ4n) is 3.07. The lowest BCUT2D eigenvalue weighted by Gasteiger charge is -2.37. The summed E-state index contributed by atoms with van der Waals surface area (Å²) in [6, 6.07) is 20.1. The Labute approximate surface area is 131 Å². The first-order valence-corrected chi connectivity index (χ1v) is 7.66. The largest absolute Gasteiger partial charge is 0.490 e. The molecule has 2 aromatic carbocycles. The van der Waals surface area contributed by atoms with Crippen LogP contribution in [0.25, 0.3) is 0 Å². The third kappa shape index (κ3) is 3.29. The lowest BCUT2D eigenvalue weighted by Crippen LogP contribution is -2.42. The van der Waals surface area contributed by atoms with Gasteiger partial charge >= 0.3 is 0 Å². The van der Waals surface area contributed by atoms with E-state index in [9.17, 15) is 0 Å². The molecule has 2 unspecified atom stereocenters. The van der Waals surface area contributed by atoms with Crippen LogP contribution in [0.5, 0.6) is 5.75 Å². The van der Waals surface area contributed by atoms with E-state index in [0.29, 0.717) is 5.56 Å². The molecule has 3 heteroatoms. The molecule has 0 aromatic heterocycles. The topological polar surface area (TPSA) is 36.3 Å². The Balaban J connectivity index is 1.85. The second kappa shape index (κ2) is 6.64. The number of ether oxygens (including phenoxy) is 1. The predicted molar refractivity (Wildman–Crippen MR) is 86.9 cm³/mol. The van der Waals surface area contributed by atoms with Crippen LogP contribution in [0.2, 0.25) is 0 Å². The van der Waals surface area contributed by atoms with Gasteiger partial charge in [-0.1, -0.05) is 30.3 Å². The van der Waals surface area contributed by atoms with E-state index >= 15 is 0 Å². The molecule has 1 aliphatic heterocycles. The van der Waals surface area contributed by atoms with Gasteiger partial charge in [0.25, 0.3) is 0 Å². The van der Waals surface area contributed by atoms with Crippen molar-refractivity contribution in [3.63, 3.8) is 0 Å². The highest BCUT2D eigenvalue weighted by atomic mass is 16.5. The van der Waals surface area contributed by atoms with Gasteiger partial charge in [-0.15, -0.1) is 0 Å². The van der Waals surface area contributed by atoms with Gasteiger partial charge in [-0.25, -0.2) is 0 Å². The van der Waals surface area contributed by atoms with Crippen LogP contribution in [0.3, 0.4) is 0 Å². The summed E-state index contributed by atoms with van der Waals surface area (Å²) in [5.74, 6) is 1.20. The second-order valence-corrected chi connectivity index (χ2v) is 5.86. The number of piperidine rings is 1. The standard InChI is InChI=1S/C19H20N2O/c1-21-11-10-19(22-17-8-3-2-4-9-17)18(14-21)16-7-5-6-15(12-16)13-20/h2-9,12,18-19H,10-11,14H2,1H3. The molecule has 0 bridgehead atoms. The van der Waals surface area contributed by atoms with Gasteiger partial charge in [0, 0.05) is 19.0 Å². The van der Waals surface area contributed by atoms with Crippen molar-refractivity contribution in [1.82, 2.24) is 4.90 Å². The molecule has 0 radical (unpaired) electrons. The lowest BCUT2D eigenvalue weighted by molar-refractivity contribution is 0.0902. The maximum atomic E-state index is 9.12. The highest BCUT2D eigenvalue weighted by Gasteiger charge is 2.30. The Morgan fingerprint density at radius 3 is 2.73 bits per heavy atom. The molecule has 2 atom stereocenters. The van der Waals surface area contributed by atoms with Gasteiger partial charge < -0.3 is 9.64 Å². The fourth-order valence-corrected chi connectivity index (χ4v) is 3.07. The van der Waals surface area contributed by atoms with Crippen molar-refractivity contribution in [3.8, 4) is 11.8 Å². The number of likely N-dealkylation sites (tertiary alicyclic amines) is 1. The maximum Gasteiger partial charge on any atom is 0.119 e. The second-order valence-electron chi connectivity index (χ2n) is 5.86. The summed E-state index contributed by atoms with van der Waals surface area (Å²) >= 11 is 0. The zero-order chi connectivity index (χ0) is 15.4. The van der Waals surface area contributed by atoms with Crippen LogP contribution in [0.15, 0.2) is 54.6 Å². The smallest absolute Gasteiger partial charge is 0.119 e. The zero-order valence-electron chi connectivity index (χ0n) is 12.8. The minimum Gasteiger partial charge on any atom is -0.490 e. The highest BCUT2D eigenvalue weighted by molar-refractivity contribution is 5.35. The van der Waals surface area contributed by atoms with Crippen LogP contribution in [-0.4, -0.2) is 31.1 Å². The molecule has 1 fully saturated rings. The third-order valence-corrected chi connectivity index (χ3v) is 4.23. The zero-order valence-corrected chi connectivity index (χ0v) is 12.8. The summed E-state index contributed by atoms with van der Waals surface area (Å²) in [5, 5.41) is 9.12. The minimum atomic E-state index is 0.146. The molecule has 1 saturated heterocycles. The number of nitriles is 1. The van der Waals surface area contributed by atoms with Crippen LogP contribution in [0.1, 0.15) is 23.5 Å². The van der Waals surface area contributed by atoms with Gasteiger partial charge in [-0.3, -0.25) is 0 Å². The molecule has 22 heavy (non-hydrogen) atoms. The van der Waals surface area contributed by atoms with Crippen molar-refractivity contribution in [2.24, 2.45) is 0 Å². The molecule has 3 rings (SSSR count). The summed E-state index contributed by atoms with van der Waals surface area (Å²) in [4.78, 5) is 2.33. The minimum absolute atomic E-state index is 0.146. The number of para-hydroxylation sites is 1. The van der Waals surface area contributed by atoms with Gasteiger partial charge in [0.05, 0.1) is 11.6 Å². The number of rotatable bonds is 3. The number of benzene rings is 2. The van der Waals surface area contributed by atoms with Crippen molar-refractivity contribution in [3.05, 3.63) is 65.7 Å². The van der Waals surface area contributed by atoms with E-state index in [-0.39, 0.29) is 12.0 Å². The molecule has 0 amide bonds. The number of nitrogens with zero attached hydrogens (tertiary/aromatic N) is 2. The van der Waals surface area contributed by atoms with Crippen molar-refractivity contribution in [2.75, 3.05) is 20.1 Å². The summed E-state index contributed by atoms with van der Waals surface area (Å²) < 4.78 is 6.23. The van der Waals surface area contributed by atoms with Gasteiger partial charge in [0.2, 0.25) is 0 Å². The molecule has 1 aliphatic rings. The quantitative estimate of drug-likeness (QED) is 0.869. The Hall–Kier alpha value is -2.31. The van der Waals surface area contributed by atoms with Gasteiger partial charge in [-0.05, 0) is 43.3 Å². The average Bonchev–Trinajstić information content (AvgIpc) is 2.57. The van der Waals surface area contributed by atoms with E-state index < -0.39 is 0 Å². The summed E-state index contributed by atoms with van der Waals surface area (Å²) in [6.45, 7) is 1.98. The summed E-state index contributed by atoms with van der Waals surface area (Å²) in [6.07, 6.45) is 1.14. The normalized spacial score (nSPS) is 22.0. The monoisotopic (exact) mass is 292 g/mol. The van der Waals surface area contributed by atoms with E-state index in [1.54, 1.807) is 0 Å². The Kier molecular flexibility index (Phi) is 4.41. The number of hydrogen-bond donors (Lipinski definition) is 0. The van der Waals surface area contributed by atoms with Crippen LogP contribution in [0.4, 0.5) is 0 Å². The molecule has 0 spiro atoms. The molecule has 3 nitrogen and oxygen atoms in total. The fraction of sp³-hybridized carbons (Fsp3) is 0.316. The van der Waals surface area contributed by atoms with Gasteiger partial charge in [0.1, 0.15) is 11.9 Å². The molecular formula is C19H20N2O. The van der Waals surface area contributed by atoms with Crippen molar-refractivity contribution < 1.29 is 4.74 Å². The Bertz CT molecular complexity index is 663.